The Kier molecular flexibility index (Phi) is 18.0. The summed E-state index contributed by atoms with van der Waals surface area (Å²) in [7, 11) is 0. The van der Waals surface area contributed by atoms with E-state index >= 15 is 0 Å². The zero-order chi connectivity index (χ0) is 44.5. The number of hydrogen-bond acceptors (Lipinski definition) is 0. The standard InChI is InChI=1S/C63H86/c1-7-13-17-19-36-51-60(49-16-10-4)58(53-38-25-20-26-39-53)59(12-6,50-35-15-9-3)62(54-40-27-21-28-41-54,55-42-29-22-30-43-55)61(48-11-5,52-37-18-14-8-2)63(60,56-44-31-23-32-45-56)57-46-33-24-34-47-57/h20-34,38-47,58H,7-19,35-37,48-52H2,1-6H3. The van der Waals surface area contributed by atoms with Crippen LogP contribution in [0.2, 0.25) is 0 Å². The Morgan fingerprint density at radius 3 is 1.06 bits per heavy atom. The summed E-state index contributed by atoms with van der Waals surface area (Å²) in [6.45, 7) is 14.9. The van der Waals surface area contributed by atoms with E-state index in [4.69, 9.17) is 0 Å². The molecule has 0 bridgehead atoms. The highest BCUT2D eigenvalue weighted by atomic mass is 14.8. The van der Waals surface area contributed by atoms with E-state index in [-0.39, 0.29) is 33.0 Å². The molecule has 4 unspecified atom stereocenters. The molecule has 0 nitrogen and oxygen atoms in total. The Morgan fingerprint density at radius 1 is 0.302 bits per heavy atom. The van der Waals surface area contributed by atoms with Crippen LogP contribution in [0.4, 0.5) is 0 Å². The summed E-state index contributed by atoms with van der Waals surface area (Å²) in [5, 5.41) is 0. The van der Waals surface area contributed by atoms with Gasteiger partial charge in [-0.2, -0.15) is 0 Å². The third kappa shape index (κ3) is 8.68. The van der Waals surface area contributed by atoms with Crippen LogP contribution < -0.4 is 0 Å². The average Bonchev–Trinajstić information content (AvgIpc) is 3.34. The van der Waals surface area contributed by atoms with E-state index in [2.05, 4.69) is 193 Å². The molecular formula is C63H86. The Bertz CT molecular complexity index is 1900. The summed E-state index contributed by atoms with van der Waals surface area (Å²) < 4.78 is 0. The Morgan fingerprint density at radius 2 is 0.635 bits per heavy atom. The van der Waals surface area contributed by atoms with E-state index < -0.39 is 0 Å². The molecule has 0 spiro atoms. The molecule has 0 radical (unpaired) electrons. The van der Waals surface area contributed by atoms with Crippen LogP contribution in [0.1, 0.15) is 210 Å². The van der Waals surface area contributed by atoms with Crippen LogP contribution in [0.25, 0.3) is 0 Å². The molecule has 0 amide bonds. The highest BCUT2D eigenvalue weighted by Gasteiger charge is 2.81. The monoisotopic (exact) mass is 843 g/mol. The number of unbranched alkanes of at least 4 members (excludes halogenated alkanes) is 10. The lowest BCUT2D eigenvalue weighted by Crippen LogP contribution is -2.78. The SMILES string of the molecule is CCCCCCCC1(CCCC)C(c2ccccc2)C(CC)(CCCCC)C(c2ccccc2)(c2ccccc2)C(CCC)(CCCCCC)C1(c1ccccc1)c1ccccc1. The lowest BCUT2D eigenvalue weighted by atomic mass is 9.21. The van der Waals surface area contributed by atoms with Crippen molar-refractivity contribution in [1.82, 2.24) is 0 Å². The molecule has 6 rings (SSSR count). The predicted octanol–water partition coefficient (Wildman–Crippen LogP) is 19.0. The minimum Gasteiger partial charge on any atom is -0.0654 e. The second-order valence-corrected chi connectivity index (χ2v) is 19.8. The summed E-state index contributed by atoms with van der Waals surface area (Å²) in [5.74, 6) is 0.284. The summed E-state index contributed by atoms with van der Waals surface area (Å²) in [6.07, 6.45) is 26.0. The molecule has 338 valence electrons. The van der Waals surface area contributed by atoms with Crippen molar-refractivity contribution in [3.63, 3.8) is 0 Å². The molecule has 4 atom stereocenters. The minimum atomic E-state index is -0.350. The van der Waals surface area contributed by atoms with E-state index in [1.807, 2.05) is 0 Å². The van der Waals surface area contributed by atoms with E-state index in [1.54, 1.807) is 27.8 Å². The van der Waals surface area contributed by atoms with Gasteiger partial charge >= 0.3 is 0 Å². The third-order valence-corrected chi connectivity index (χ3v) is 16.7. The summed E-state index contributed by atoms with van der Waals surface area (Å²) in [5.41, 5.74) is 6.65. The lowest BCUT2D eigenvalue weighted by molar-refractivity contribution is -0.204. The predicted molar refractivity (Wildman–Crippen MR) is 275 cm³/mol. The largest absolute Gasteiger partial charge is 0.0654 e. The van der Waals surface area contributed by atoms with Crippen molar-refractivity contribution in [3.8, 4) is 0 Å². The van der Waals surface area contributed by atoms with Crippen molar-refractivity contribution in [1.29, 1.82) is 0 Å². The van der Waals surface area contributed by atoms with Gasteiger partial charge in [0.2, 0.25) is 0 Å². The van der Waals surface area contributed by atoms with Crippen molar-refractivity contribution < 1.29 is 0 Å². The van der Waals surface area contributed by atoms with Crippen LogP contribution in [-0.2, 0) is 10.8 Å². The summed E-state index contributed by atoms with van der Waals surface area (Å²) in [6, 6.07) is 61.6. The van der Waals surface area contributed by atoms with Crippen molar-refractivity contribution >= 4 is 0 Å². The highest BCUT2D eigenvalue weighted by Crippen LogP contribution is 2.85. The van der Waals surface area contributed by atoms with Crippen molar-refractivity contribution in [2.75, 3.05) is 0 Å². The van der Waals surface area contributed by atoms with Gasteiger partial charge in [0.25, 0.3) is 0 Å². The zero-order valence-corrected chi connectivity index (χ0v) is 40.9. The fourth-order valence-electron chi connectivity index (χ4n) is 15.0. The van der Waals surface area contributed by atoms with Gasteiger partial charge in [0.15, 0.2) is 0 Å². The van der Waals surface area contributed by atoms with Gasteiger partial charge in [-0.05, 0) is 88.5 Å². The molecule has 0 N–H and O–H groups in total. The quantitative estimate of drug-likeness (QED) is 0.0487. The highest BCUT2D eigenvalue weighted by molar-refractivity contribution is 5.60. The van der Waals surface area contributed by atoms with E-state index in [0.29, 0.717) is 0 Å². The van der Waals surface area contributed by atoms with Gasteiger partial charge in [-0.15, -0.1) is 0 Å². The normalized spacial score (nSPS) is 22.8. The molecule has 1 saturated carbocycles. The van der Waals surface area contributed by atoms with Gasteiger partial charge in [-0.25, -0.2) is 0 Å². The number of hydrogen-bond donors (Lipinski definition) is 0. The first kappa shape index (κ1) is 48.6. The van der Waals surface area contributed by atoms with E-state index in [1.165, 1.54) is 116 Å². The Hall–Kier alpha value is -3.90. The molecule has 0 saturated heterocycles. The minimum absolute atomic E-state index is 0.103. The van der Waals surface area contributed by atoms with Crippen molar-refractivity contribution in [2.45, 2.75) is 193 Å². The van der Waals surface area contributed by atoms with Crippen LogP contribution in [0.5, 0.6) is 0 Å². The van der Waals surface area contributed by atoms with Gasteiger partial charge in [-0.1, -0.05) is 290 Å². The number of benzene rings is 5. The molecule has 0 heteroatoms. The third-order valence-electron chi connectivity index (χ3n) is 16.7. The lowest BCUT2D eigenvalue weighted by Gasteiger charge is -2.80. The van der Waals surface area contributed by atoms with Crippen LogP contribution in [0, 0.1) is 16.2 Å². The first-order chi connectivity index (χ1) is 31.0. The van der Waals surface area contributed by atoms with Gasteiger partial charge in [0.05, 0.1) is 0 Å². The molecule has 0 heterocycles. The zero-order valence-electron chi connectivity index (χ0n) is 40.9. The van der Waals surface area contributed by atoms with Crippen LogP contribution in [-0.4, -0.2) is 0 Å². The fourth-order valence-corrected chi connectivity index (χ4v) is 15.0. The summed E-state index contributed by atoms with van der Waals surface area (Å²) in [4.78, 5) is 0. The molecule has 5 aromatic rings. The summed E-state index contributed by atoms with van der Waals surface area (Å²) >= 11 is 0. The van der Waals surface area contributed by atoms with Crippen LogP contribution in [0.15, 0.2) is 152 Å². The Labute approximate surface area is 387 Å². The molecular weight excluding hydrogens is 757 g/mol. The maximum absolute atomic E-state index is 2.65. The second kappa shape index (κ2) is 23.3. The molecule has 1 aliphatic carbocycles. The Balaban J connectivity index is 2.03. The second-order valence-electron chi connectivity index (χ2n) is 19.8. The first-order valence-electron chi connectivity index (χ1n) is 26.3. The topological polar surface area (TPSA) is 0 Å². The molecule has 0 aliphatic heterocycles. The fraction of sp³-hybridized carbons (Fsp3) is 0.524. The molecule has 0 aromatic heterocycles. The molecule has 63 heavy (non-hydrogen) atoms. The van der Waals surface area contributed by atoms with Crippen molar-refractivity contribution in [2.24, 2.45) is 16.2 Å². The smallest absolute Gasteiger partial charge is 0.0333 e. The van der Waals surface area contributed by atoms with Crippen LogP contribution in [0.3, 0.4) is 0 Å². The van der Waals surface area contributed by atoms with Gasteiger partial charge in [-0.3, -0.25) is 0 Å². The maximum Gasteiger partial charge on any atom is 0.0333 e. The van der Waals surface area contributed by atoms with Crippen molar-refractivity contribution in [3.05, 3.63) is 179 Å². The van der Waals surface area contributed by atoms with Crippen LogP contribution >= 0.6 is 0 Å². The molecule has 5 aromatic carbocycles. The average molecular weight is 843 g/mol. The maximum atomic E-state index is 2.65. The molecule has 1 fully saturated rings. The molecule has 1 aliphatic rings. The van der Waals surface area contributed by atoms with Gasteiger partial charge in [0, 0.05) is 10.8 Å². The van der Waals surface area contributed by atoms with Gasteiger partial charge < -0.3 is 0 Å². The first-order valence-corrected chi connectivity index (χ1v) is 26.3. The van der Waals surface area contributed by atoms with E-state index in [0.717, 1.165) is 19.3 Å². The number of rotatable bonds is 26. The van der Waals surface area contributed by atoms with Gasteiger partial charge in [0.1, 0.15) is 0 Å². The van der Waals surface area contributed by atoms with E-state index in [9.17, 15) is 0 Å².